The fourth-order valence-electron chi connectivity index (χ4n) is 1.99. The second kappa shape index (κ2) is 4.39. The zero-order chi connectivity index (χ0) is 14.4. The van der Waals surface area contributed by atoms with Crippen molar-refractivity contribution in [2.75, 3.05) is 0 Å². The average molecular weight is 272 g/mol. The van der Waals surface area contributed by atoms with Gasteiger partial charge in [0.2, 0.25) is 0 Å². The van der Waals surface area contributed by atoms with Crippen LogP contribution in [0.3, 0.4) is 0 Å². The minimum Gasteiger partial charge on any atom is -0.399 e. The van der Waals surface area contributed by atoms with Gasteiger partial charge >= 0.3 is 7.12 Å². The van der Waals surface area contributed by atoms with Crippen LogP contribution in [0.1, 0.15) is 27.7 Å². The van der Waals surface area contributed by atoms with E-state index in [1.807, 2.05) is 33.9 Å². The number of hydrogen-bond donors (Lipinski definition) is 0. The molecule has 2 aromatic rings. The van der Waals surface area contributed by atoms with Crippen LogP contribution < -0.4 is 5.46 Å². The first-order valence-electron chi connectivity index (χ1n) is 6.55. The molecule has 2 aromatic heterocycles. The van der Waals surface area contributed by atoms with Crippen LogP contribution in [0.5, 0.6) is 0 Å². The molecule has 7 heteroatoms. The largest absolute Gasteiger partial charge is 0.498 e. The number of nitrogens with zero attached hydrogens (tertiary/aromatic N) is 4. The number of aromatic nitrogens is 4. The van der Waals surface area contributed by atoms with Gasteiger partial charge in [0, 0.05) is 17.9 Å². The summed E-state index contributed by atoms with van der Waals surface area (Å²) in [5.74, 6) is 0. The van der Waals surface area contributed by atoms with Crippen molar-refractivity contribution in [1.82, 2.24) is 19.7 Å². The van der Waals surface area contributed by atoms with Crippen LogP contribution in [0.2, 0.25) is 0 Å². The molecule has 3 heterocycles. The smallest absolute Gasteiger partial charge is 0.399 e. The molecule has 0 aliphatic carbocycles. The molecular formula is C13H17BN4O2. The van der Waals surface area contributed by atoms with Crippen molar-refractivity contribution in [2.45, 2.75) is 38.9 Å². The molecule has 0 atom stereocenters. The van der Waals surface area contributed by atoms with Gasteiger partial charge in [-0.15, -0.1) is 0 Å². The summed E-state index contributed by atoms with van der Waals surface area (Å²) < 4.78 is 13.7. The van der Waals surface area contributed by atoms with Gasteiger partial charge in [-0.25, -0.2) is 14.6 Å². The summed E-state index contributed by atoms with van der Waals surface area (Å²) in [6.07, 6.45) is 8.51. The van der Waals surface area contributed by atoms with Gasteiger partial charge in [0.25, 0.3) is 0 Å². The third-order valence-electron chi connectivity index (χ3n) is 3.94. The van der Waals surface area contributed by atoms with E-state index in [0.717, 1.165) is 11.2 Å². The van der Waals surface area contributed by atoms with Crippen molar-refractivity contribution in [3.05, 3.63) is 31.1 Å². The molecule has 0 amide bonds. The molecule has 6 nitrogen and oxygen atoms in total. The van der Waals surface area contributed by atoms with Crippen LogP contribution in [-0.2, 0) is 9.31 Å². The molecule has 0 saturated carbocycles. The molecule has 1 aliphatic rings. The fraction of sp³-hybridized carbons (Fsp3) is 0.462. The van der Waals surface area contributed by atoms with Crippen molar-refractivity contribution in [3.8, 4) is 5.69 Å². The van der Waals surface area contributed by atoms with E-state index in [4.69, 9.17) is 9.31 Å². The van der Waals surface area contributed by atoms with E-state index in [-0.39, 0.29) is 11.2 Å². The second-order valence-electron chi connectivity index (χ2n) is 5.90. The Labute approximate surface area is 118 Å². The highest BCUT2D eigenvalue weighted by Crippen LogP contribution is 2.36. The van der Waals surface area contributed by atoms with Gasteiger partial charge in [-0.05, 0) is 27.7 Å². The molecule has 0 unspecified atom stereocenters. The molecule has 0 spiro atoms. The molecular weight excluding hydrogens is 255 g/mol. The molecule has 104 valence electrons. The van der Waals surface area contributed by atoms with Crippen LogP contribution in [-0.4, -0.2) is 38.1 Å². The molecule has 3 rings (SSSR count). The van der Waals surface area contributed by atoms with Gasteiger partial charge in [0.15, 0.2) is 0 Å². The first kappa shape index (κ1) is 13.3. The van der Waals surface area contributed by atoms with E-state index in [1.165, 1.54) is 6.33 Å². The van der Waals surface area contributed by atoms with Crippen molar-refractivity contribution < 1.29 is 9.31 Å². The van der Waals surface area contributed by atoms with Crippen molar-refractivity contribution in [2.24, 2.45) is 0 Å². The maximum Gasteiger partial charge on any atom is 0.498 e. The molecule has 0 aromatic carbocycles. The van der Waals surface area contributed by atoms with Crippen LogP contribution in [0.15, 0.2) is 31.1 Å². The molecule has 0 N–H and O–H groups in total. The highest BCUT2D eigenvalue weighted by Gasteiger charge is 2.52. The predicted molar refractivity (Wildman–Crippen MR) is 74.9 cm³/mol. The first-order chi connectivity index (χ1) is 9.39. The second-order valence-corrected chi connectivity index (χ2v) is 5.90. The summed E-state index contributed by atoms with van der Waals surface area (Å²) in [7, 11) is -0.404. The van der Waals surface area contributed by atoms with E-state index in [9.17, 15) is 0 Å². The third-order valence-corrected chi connectivity index (χ3v) is 3.94. The summed E-state index contributed by atoms with van der Waals surface area (Å²) in [5.41, 5.74) is 0.980. The molecule has 20 heavy (non-hydrogen) atoms. The minimum absolute atomic E-state index is 0.352. The van der Waals surface area contributed by atoms with Gasteiger partial charge in [-0.3, -0.25) is 0 Å². The topological polar surface area (TPSA) is 62.1 Å². The summed E-state index contributed by atoms with van der Waals surface area (Å²) in [5, 5.41) is 4.30. The van der Waals surface area contributed by atoms with Gasteiger partial charge in [-0.1, -0.05) is 0 Å². The maximum absolute atomic E-state index is 5.99. The van der Waals surface area contributed by atoms with Crippen LogP contribution >= 0.6 is 0 Å². The summed E-state index contributed by atoms with van der Waals surface area (Å²) in [6, 6.07) is 0. The molecule has 1 saturated heterocycles. The van der Waals surface area contributed by atoms with E-state index in [0.29, 0.717) is 0 Å². The van der Waals surface area contributed by atoms with Crippen LogP contribution in [0.4, 0.5) is 0 Å². The normalized spacial score (nSPS) is 20.3. The Bertz CT molecular complexity index is 596. The van der Waals surface area contributed by atoms with Crippen molar-refractivity contribution in [3.63, 3.8) is 0 Å². The molecule has 0 radical (unpaired) electrons. The lowest BCUT2D eigenvalue weighted by Gasteiger charge is -2.32. The quantitative estimate of drug-likeness (QED) is 0.762. The van der Waals surface area contributed by atoms with Crippen LogP contribution in [0, 0.1) is 0 Å². The number of hydrogen-bond acceptors (Lipinski definition) is 5. The average Bonchev–Trinajstić information content (AvgIpc) is 2.94. The fourth-order valence-corrected chi connectivity index (χ4v) is 1.99. The SMILES string of the molecule is CC1(C)OB(c2cnn(-c3cncnc3)c2)OC1(C)C. The third kappa shape index (κ3) is 2.12. The van der Waals surface area contributed by atoms with Gasteiger partial charge in [-0.2, -0.15) is 5.10 Å². The van der Waals surface area contributed by atoms with Gasteiger partial charge in [0.1, 0.15) is 12.0 Å². The Morgan fingerprint density at radius 1 is 1.00 bits per heavy atom. The Hall–Kier alpha value is -1.73. The lowest BCUT2D eigenvalue weighted by Crippen LogP contribution is -2.41. The standard InChI is InChI=1S/C13H17BN4O2/c1-12(2)13(3,4)20-14(19-12)10-5-17-18(8-10)11-6-15-9-16-7-11/h5-9H,1-4H3. The molecule has 0 bridgehead atoms. The zero-order valence-corrected chi connectivity index (χ0v) is 12.1. The highest BCUT2D eigenvalue weighted by molar-refractivity contribution is 6.62. The Kier molecular flexibility index (Phi) is 2.91. The van der Waals surface area contributed by atoms with Crippen LogP contribution in [0.25, 0.3) is 5.69 Å². The van der Waals surface area contributed by atoms with Gasteiger partial charge in [0.05, 0.1) is 23.6 Å². The predicted octanol–water partition coefficient (Wildman–Crippen LogP) is 0.961. The van der Waals surface area contributed by atoms with Gasteiger partial charge < -0.3 is 9.31 Å². The molecule has 1 fully saturated rings. The van der Waals surface area contributed by atoms with E-state index in [1.54, 1.807) is 23.3 Å². The number of rotatable bonds is 2. The van der Waals surface area contributed by atoms with Crippen molar-refractivity contribution in [1.29, 1.82) is 0 Å². The van der Waals surface area contributed by atoms with E-state index < -0.39 is 7.12 Å². The monoisotopic (exact) mass is 272 g/mol. The Morgan fingerprint density at radius 3 is 2.20 bits per heavy atom. The summed E-state index contributed by atoms with van der Waals surface area (Å²) in [4.78, 5) is 7.96. The Morgan fingerprint density at radius 2 is 1.60 bits per heavy atom. The molecule has 1 aliphatic heterocycles. The zero-order valence-electron chi connectivity index (χ0n) is 12.1. The Balaban J connectivity index is 1.86. The van der Waals surface area contributed by atoms with E-state index >= 15 is 0 Å². The minimum atomic E-state index is -0.404. The highest BCUT2D eigenvalue weighted by atomic mass is 16.7. The maximum atomic E-state index is 5.99. The lowest BCUT2D eigenvalue weighted by molar-refractivity contribution is 0.00578. The summed E-state index contributed by atoms with van der Waals surface area (Å²) >= 11 is 0. The lowest BCUT2D eigenvalue weighted by atomic mass is 9.82. The summed E-state index contributed by atoms with van der Waals surface area (Å²) in [6.45, 7) is 8.12. The van der Waals surface area contributed by atoms with Crippen molar-refractivity contribution >= 4 is 12.6 Å². The van der Waals surface area contributed by atoms with E-state index in [2.05, 4.69) is 15.1 Å². The first-order valence-corrected chi connectivity index (χ1v) is 6.55.